The standard InChI is InChI=1S/C9H7ClOS/c1-2-5-11-8-4-3-7(10)6-9(8)12/h1,3-4,6,12H,5H2. The van der Waals surface area contributed by atoms with Gasteiger partial charge in [0.2, 0.25) is 0 Å². The molecule has 0 fully saturated rings. The zero-order chi connectivity index (χ0) is 8.97. The largest absolute Gasteiger partial charge is 0.480 e. The Morgan fingerprint density at radius 3 is 2.92 bits per heavy atom. The normalized spacial score (nSPS) is 9.08. The van der Waals surface area contributed by atoms with E-state index in [4.69, 9.17) is 22.8 Å². The highest BCUT2D eigenvalue weighted by Crippen LogP contribution is 2.25. The van der Waals surface area contributed by atoms with Crippen LogP contribution in [0.4, 0.5) is 0 Å². The lowest BCUT2D eigenvalue weighted by Gasteiger charge is -2.04. The van der Waals surface area contributed by atoms with Crippen LogP contribution in [0.3, 0.4) is 0 Å². The van der Waals surface area contributed by atoms with E-state index in [1.807, 2.05) is 0 Å². The van der Waals surface area contributed by atoms with E-state index in [-0.39, 0.29) is 6.61 Å². The highest BCUT2D eigenvalue weighted by molar-refractivity contribution is 7.80. The lowest BCUT2D eigenvalue weighted by molar-refractivity contribution is 0.362. The molecule has 0 aliphatic rings. The summed E-state index contributed by atoms with van der Waals surface area (Å²) in [6, 6.07) is 5.17. The van der Waals surface area contributed by atoms with E-state index in [1.54, 1.807) is 18.2 Å². The Morgan fingerprint density at radius 2 is 2.33 bits per heavy atom. The SMILES string of the molecule is C#CCOc1ccc(Cl)cc1S. The molecule has 0 aromatic heterocycles. The highest BCUT2D eigenvalue weighted by atomic mass is 35.5. The van der Waals surface area contributed by atoms with Crippen molar-refractivity contribution in [3.05, 3.63) is 23.2 Å². The van der Waals surface area contributed by atoms with E-state index in [9.17, 15) is 0 Å². The molecule has 0 amide bonds. The molecule has 0 N–H and O–H groups in total. The Hall–Kier alpha value is -0.780. The summed E-state index contributed by atoms with van der Waals surface area (Å²) in [6.45, 7) is 0.245. The zero-order valence-corrected chi connectivity index (χ0v) is 7.90. The maximum Gasteiger partial charge on any atom is 0.148 e. The van der Waals surface area contributed by atoms with Gasteiger partial charge >= 0.3 is 0 Å². The quantitative estimate of drug-likeness (QED) is 0.568. The number of hydrogen-bond donors (Lipinski definition) is 1. The second-order valence-electron chi connectivity index (χ2n) is 2.10. The summed E-state index contributed by atoms with van der Waals surface area (Å²) in [4.78, 5) is 0.692. The summed E-state index contributed by atoms with van der Waals surface area (Å²) < 4.78 is 5.17. The number of benzene rings is 1. The summed E-state index contributed by atoms with van der Waals surface area (Å²) in [6.07, 6.45) is 5.03. The minimum absolute atomic E-state index is 0.245. The molecule has 1 nitrogen and oxygen atoms in total. The minimum atomic E-state index is 0.245. The molecule has 0 aliphatic heterocycles. The van der Waals surface area contributed by atoms with Gasteiger partial charge in [0.1, 0.15) is 12.4 Å². The van der Waals surface area contributed by atoms with Crippen LogP contribution in [-0.4, -0.2) is 6.61 Å². The third kappa shape index (κ3) is 2.37. The molecule has 1 aromatic rings. The monoisotopic (exact) mass is 198 g/mol. The first-order valence-electron chi connectivity index (χ1n) is 3.29. The van der Waals surface area contributed by atoms with E-state index in [0.717, 1.165) is 0 Å². The maximum absolute atomic E-state index is 5.71. The lowest BCUT2D eigenvalue weighted by atomic mass is 10.3. The molecule has 0 heterocycles. The third-order valence-corrected chi connectivity index (χ3v) is 1.82. The van der Waals surface area contributed by atoms with Crippen molar-refractivity contribution in [2.75, 3.05) is 6.61 Å². The van der Waals surface area contributed by atoms with Gasteiger partial charge in [0.05, 0.1) is 0 Å². The van der Waals surface area contributed by atoms with Crippen LogP contribution in [0.1, 0.15) is 0 Å². The fourth-order valence-electron chi connectivity index (χ4n) is 0.732. The molecule has 1 rings (SSSR count). The number of hydrogen-bond acceptors (Lipinski definition) is 2. The average molecular weight is 199 g/mol. The molecule has 0 saturated carbocycles. The Balaban J connectivity index is 2.81. The number of ether oxygens (including phenoxy) is 1. The van der Waals surface area contributed by atoms with E-state index < -0.39 is 0 Å². The molecule has 1 aromatic carbocycles. The van der Waals surface area contributed by atoms with Gasteiger partial charge in [0, 0.05) is 9.92 Å². The maximum atomic E-state index is 5.71. The molecule has 0 atom stereocenters. The number of terminal acetylenes is 1. The van der Waals surface area contributed by atoms with Crippen molar-refractivity contribution < 1.29 is 4.74 Å². The molecule has 0 unspecified atom stereocenters. The molecule has 3 heteroatoms. The Kier molecular flexibility index (Phi) is 3.33. The van der Waals surface area contributed by atoms with Crippen molar-refractivity contribution in [3.8, 4) is 18.1 Å². The molecule has 0 bridgehead atoms. The van der Waals surface area contributed by atoms with E-state index in [0.29, 0.717) is 15.7 Å². The van der Waals surface area contributed by atoms with Gasteiger partial charge < -0.3 is 4.74 Å². The Bertz CT molecular complexity index is 317. The summed E-state index contributed by atoms with van der Waals surface area (Å²) in [5, 5.41) is 0.632. The third-order valence-electron chi connectivity index (χ3n) is 1.23. The topological polar surface area (TPSA) is 9.23 Å². The number of rotatable bonds is 2. The van der Waals surface area contributed by atoms with Gasteiger partial charge in [-0.1, -0.05) is 17.5 Å². The predicted molar refractivity (Wildman–Crippen MR) is 53.0 cm³/mol. The first-order chi connectivity index (χ1) is 5.74. The van der Waals surface area contributed by atoms with Crippen molar-refractivity contribution >= 4 is 24.2 Å². The van der Waals surface area contributed by atoms with Crippen LogP contribution in [0.15, 0.2) is 23.1 Å². The van der Waals surface area contributed by atoms with Gasteiger partial charge in [-0.2, -0.15) is 0 Å². The first kappa shape index (κ1) is 9.31. The molecule has 12 heavy (non-hydrogen) atoms. The fourth-order valence-corrected chi connectivity index (χ4v) is 1.26. The van der Waals surface area contributed by atoms with Crippen molar-refractivity contribution in [3.63, 3.8) is 0 Å². The molecule has 0 spiro atoms. The average Bonchev–Trinajstić information content (AvgIpc) is 2.03. The van der Waals surface area contributed by atoms with Crippen molar-refractivity contribution in [2.45, 2.75) is 4.90 Å². The lowest BCUT2D eigenvalue weighted by Crippen LogP contribution is -1.93. The van der Waals surface area contributed by atoms with Crippen LogP contribution in [0.5, 0.6) is 5.75 Å². The summed E-state index contributed by atoms with van der Waals surface area (Å²) in [5.74, 6) is 3.02. The van der Waals surface area contributed by atoms with Gasteiger partial charge in [-0.05, 0) is 18.2 Å². The molecule has 0 radical (unpaired) electrons. The Labute approximate surface area is 82.1 Å². The van der Waals surface area contributed by atoms with Crippen molar-refractivity contribution in [2.24, 2.45) is 0 Å². The number of thiol groups is 1. The second kappa shape index (κ2) is 4.30. The summed E-state index contributed by atoms with van der Waals surface area (Å²) in [5.41, 5.74) is 0. The van der Waals surface area contributed by atoms with Crippen molar-refractivity contribution in [1.29, 1.82) is 0 Å². The van der Waals surface area contributed by atoms with Crippen LogP contribution >= 0.6 is 24.2 Å². The summed E-state index contributed by atoms with van der Waals surface area (Å²) >= 11 is 9.87. The van der Waals surface area contributed by atoms with Crippen LogP contribution in [0, 0.1) is 12.3 Å². The predicted octanol–water partition coefficient (Wildman–Crippen LogP) is 2.64. The molecular weight excluding hydrogens is 192 g/mol. The van der Waals surface area contributed by atoms with Crippen LogP contribution in [-0.2, 0) is 0 Å². The van der Waals surface area contributed by atoms with Gasteiger partial charge in [0.15, 0.2) is 0 Å². The van der Waals surface area contributed by atoms with Gasteiger partial charge in [-0.25, -0.2) is 0 Å². The van der Waals surface area contributed by atoms with E-state index in [1.165, 1.54) is 0 Å². The fraction of sp³-hybridized carbons (Fsp3) is 0.111. The summed E-state index contributed by atoms with van der Waals surface area (Å²) in [7, 11) is 0. The molecule has 0 aliphatic carbocycles. The smallest absolute Gasteiger partial charge is 0.148 e. The van der Waals surface area contributed by atoms with E-state index in [2.05, 4.69) is 18.5 Å². The van der Waals surface area contributed by atoms with E-state index >= 15 is 0 Å². The Morgan fingerprint density at radius 1 is 1.58 bits per heavy atom. The molecule has 0 saturated heterocycles. The van der Waals surface area contributed by atoms with Gasteiger partial charge in [-0.15, -0.1) is 19.1 Å². The highest BCUT2D eigenvalue weighted by Gasteiger charge is 1.98. The minimum Gasteiger partial charge on any atom is -0.480 e. The molecular formula is C9H7ClOS. The molecule has 62 valence electrons. The van der Waals surface area contributed by atoms with Crippen LogP contribution in [0.25, 0.3) is 0 Å². The zero-order valence-electron chi connectivity index (χ0n) is 6.25. The van der Waals surface area contributed by atoms with Crippen LogP contribution in [0.2, 0.25) is 5.02 Å². The van der Waals surface area contributed by atoms with Gasteiger partial charge in [0.25, 0.3) is 0 Å². The van der Waals surface area contributed by atoms with Gasteiger partial charge in [-0.3, -0.25) is 0 Å². The van der Waals surface area contributed by atoms with Crippen LogP contribution < -0.4 is 4.74 Å². The second-order valence-corrected chi connectivity index (χ2v) is 3.02. The van der Waals surface area contributed by atoms with Crippen molar-refractivity contribution in [1.82, 2.24) is 0 Å². The first-order valence-corrected chi connectivity index (χ1v) is 4.11. The number of halogens is 1.